The Morgan fingerprint density at radius 3 is 2.77 bits per heavy atom. The summed E-state index contributed by atoms with van der Waals surface area (Å²) in [6.45, 7) is 0.366. The molecule has 8 heteroatoms. The third-order valence-electron chi connectivity index (χ3n) is 3.58. The van der Waals surface area contributed by atoms with E-state index in [0.29, 0.717) is 10.5 Å². The van der Waals surface area contributed by atoms with Gasteiger partial charge in [-0.25, -0.2) is 9.07 Å². The standard InChI is InChI=1S/C18H16FN3OS3/c1-21(11-13-6-5-7-14(19)10-13)16(23)12-25-17-20-22(18(24)26-17)15-8-3-2-4-9-15/h2-10H,11-12H2,1H3. The molecule has 0 aliphatic heterocycles. The Morgan fingerprint density at radius 1 is 1.27 bits per heavy atom. The monoisotopic (exact) mass is 405 g/mol. The molecule has 1 heterocycles. The zero-order chi connectivity index (χ0) is 18.5. The molecule has 0 fully saturated rings. The van der Waals surface area contributed by atoms with Crippen molar-refractivity contribution in [2.45, 2.75) is 10.9 Å². The Labute approximate surface area is 164 Å². The summed E-state index contributed by atoms with van der Waals surface area (Å²) in [5.74, 6) is -0.0984. The first-order chi connectivity index (χ1) is 12.5. The maximum Gasteiger partial charge on any atom is 0.233 e. The van der Waals surface area contributed by atoms with E-state index in [1.165, 1.54) is 35.2 Å². The van der Waals surface area contributed by atoms with E-state index >= 15 is 0 Å². The number of rotatable bonds is 6. The Hall–Kier alpha value is -2.03. The summed E-state index contributed by atoms with van der Waals surface area (Å²) in [6.07, 6.45) is 0. The molecule has 0 atom stereocenters. The van der Waals surface area contributed by atoms with Crippen LogP contribution in [0, 0.1) is 9.77 Å². The number of amides is 1. The number of aromatic nitrogens is 2. The fourth-order valence-electron chi connectivity index (χ4n) is 2.28. The highest BCUT2D eigenvalue weighted by molar-refractivity contribution is 8.01. The molecule has 0 spiro atoms. The quantitative estimate of drug-likeness (QED) is 0.445. The summed E-state index contributed by atoms with van der Waals surface area (Å²) in [5.41, 5.74) is 1.66. The van der Waals surface area contributed by atoms with Gasteiger partial charge in [-0.3, -0.25) is 4.79 Å². The number of nitrogens with zero attached hydrogens (tertiary/aromatic N) is 3. The maximum atomic E-state index is 13.2. The largest absolute Gasteiger partial charge is 0.341 e. The first-order valence-corrected chi connectivity index (χ1v) is 10.0. The van der Waals surface area contributed by atoms with Gasteiger partial charge in [-0.05, 0) is 42.0 Å². The van der Waals surface area contributed by atoms with Crippen molar-refractivity contribution >= 4 is 41.2 Å². The molecule has 0 bridgehead atoms. The van der Waals surface area contributed by atoms with Gasteiger partial charge in [0, 0.05) is 13.6 Å². The zero-order valence-corrected chi connectivity index (χ0v) is 16.4. The van der Waals surface area contributed by atoms with Crippen LogP contribution in [-0.4, -0.2) is 33.4 Å². The molecule has 0 radical (unpaired) electrons. The predicted octanol–water partition coefficient (Wildman–Crippen LogP) is 4.55. The van der Waals surface area contributed by atoms with E-state index in [1.807, 2.05) is 30.3 Å². The molecule has 0 N–H and O–H groups in total. The first-order valence-electron chi connectivity index (χ1n) is 7.80. The van der Waals surface area contributed by atoms with Crippen LogP contribution in [0.2, 0.25) is 0 Å². The first kappa shape index (κ1) is 18.8. The summed E-state index contributed by atoms with van der Waals surface area (Å²) in [7, 11) is 1.71. The molecule has 134 valence electrons. The lowest BCUT2D eigenvalue weighted by Gasteiger charge is -2.16. The van der Waals surface area contributed by atoms with Crippen molar-refractivity contribution in [3.63, 3.8) is 0 Å². The van der Waals surface area contributed by atoms with Crippen molar-refractivity contribution in [2.24, 2.45) is 0 Å². The van der Waals surface area contributed by atoms with E-state index in [9.17, 15) is 9.18 Å². The van der Waals surface area contributed by atoms with Crippen molar-refractivity contribution in [1.29, 1.82) is 0 Å². The number of hydrogen-bond donors (Lipinski definition) is 0. The smallest absolute Gasteiger partial charge is 0.233 e. The minimum absolute atomic E-state index is 0.0494. The molecule has 3 rings (SSSR count). The molecular formula is C18H16FN3OS3. The Balaban J connectivity index is 1.60. The van der Waals surface area contributed by atoms with Gasteiger partial charge in [-0.15, -0.1) is 5.10 Å². The average molecular weight is 406 g/mol. The number of halogens is 1. The van der Waals surface area contributed by atoms with Crippen LogP contribution in [0.25, 0.3) is 5.69 Å². The van der Waals surface area contributed by atoms with E-state index in [2.05, 4.69) is 5.10 Å². The normalized spacial score (nSPS) is 10.7. The van der Waals surface area contributed by atoms with Gasteiger partial charge in [0.1, 0.15) is 5.82 Å². The fraction of sp³-hybridized carbons (Fsp3) is 0.167. The molecule has 0 unspecified atom stereocenters. The molecule has 0 aliphatic rings. The van der Waals surface area contributed by atoms with E-state index in [0.717, 1.165) is 15.6 Å². The summed E-state index contributed by atoms with van der Waals surface area (Å²) >= 11 is 8.09. The zero-order valence-electron chi connectivity index (χ0n) is 14.0. The Bertz CT molecular complexity index is 956. The molecule has 1 amide bonds. The second kappa shape index (κ2) is 8.57. The van der Waals surface area contributed by atoms with E-state index in [-0.39, 0.29) is 17.5 Å². The molecule has 2 aromatic carbocycles. The molecule has 3 aromatic rings. The summed E-state index contributed by atoms with van der Waals surface area (Å²) in [5, 5.41) is 4.48. The van der Waals surface area contributed by atoms with Gasteiger partial charge in [0.25, 0.3) is 0 Å². The highest BCUT2D eigenvalue weighted by Crippen LogP contribution is 2.24. The van der Waals surface area contributed by atoms with E-state index < -0.39 is 0 Å². The van der Waals surface area contributed by atoms with E-state index in [1.54, 1.807) is 28.8 Å². The lowest BCUT2D eigenvalue weighted by molar-refractivity contribution is -0.127. The molecule has 4 nitrogen and oxygen atoms in total. The SMILES string of the molecule is CN(Cc1cccc(F)c1)C(=O)CSc1nn(-c2ccccc2)c(=S)s1. The minimum Gasteiger partial charge on any atom is -0.341 e. The van der Waals surface area contributed by atoms with Crippen molar-refractivity contribution in [1.82, 2.24) is 14.7 Å². The maximum absolute atomic E-state index is 13.2. The summed E-state index contributed by atoms with van der Waals surface area (Å²) in [4.78, 5) is 13.9. The van der Waals surface area contributed by atoms with Crippen LogP contribution in [0.1, 0.15) is 5.56 Å². The number of hydrogen-bond acceptors (Lipinski definition) is 5. The third kappa shape index (κ3) is 4.78. The van der Waals surface area contributed by atoms with Crippen LogP contribution in [0.4, 0.5) is 4.39 Å². The number of benzene rings is 2. The Kier molecular flexibility index (Phi) is 6.18. The second-order valence-corrected chi connectivity index (χ2v) is 8.39. The molecule has 26 heavy (non-hydrogen) atoms. The van der Waals surface area contributed by atoms with Gasteiger partial charge in [-0.2, -0.15) is 0 Å². The topological polar surface area (TPSA) is 38.1 Å². The number of carbonyl (C=O) groups excluding carboxylic acids is 1. The fourth-order valence-corrected chi connectivity index (χ4v) is 4.58. The second-order valence-electron chi connectivity index (χ2n) is 5.55. The van der Waals surface area contributed by atoms with Crippen LogP contribution in [0.15, 0.2) is 58.9 Å². The predicted molar refractivity (Wildman–Crippen MR) is 106 cm³/mol. The van der Waals surface area contributed by atoms with Crippen LogP contribution < -0.4 is 0 Å². The Morgan fingerprint density at radius 2 is 2.04 bits per heavy atom. The van der Waals surface area contributed by atoms with Gasteiger partial charge in [-0.1, -0.05) is 53.4 Å². The molecular weight excluding hydrogens is 389 g/mol. The van der Waals surface area contributed by atoms with E-state index in [4.69, 9.17) is 12.2 Å². The van der Waals surface area contributed by atoms with Crippen molar-refractivity contribution in [3.8, 4) is 5.69 Å². The van der Waals surface area contributed by atoms with Crippen LogP contribution >= 0.6 is 35.3 Å². The molecule has 0 aliphatic carbocycles. The van der Waals surface area contributed by atoms with Crippen molar-refractivity contribution < 1.29 is 9.18 Å². The summed E-state index contributed by atoms with van der Waals surface area (Å²) in [6, 6.07) is 15.9. The lowest BCUT2D eigenvalue weighted by Crippen LogP contribution is -2.27. The van der Waals surface area contributed by atoms with Gasteiger partial charge in [0.2, 0.25) is 5.91 Å². The number of thioether (sulfide) groups is 1. The number of para-hydroxylation sites is 1. The van der Waals surface area contributed by atoms with Crippen molar-refractivity contribution in [3.05, 3.63) is 69.9 Å². The van der Waals surface area contributed by atoms with Gasteiger partial charge >= 0.3 is 0 Å². The van der Waals surface area contributed by atoms with Gasteiger partial charge in [0.15, 0.2) is 8.29 Å². The van der Waals surface area contributed by atoms with Crippen LogP contribution in [-0.2, 0) is 11.3 Å². The molecule has 0 saturated heterocycles. The van der Waals surface area contributed by atoms with Gasteiger partial charge < -0.3 is 4.90 Å². The third-order valence-corrected chi connectivity index (χ3v) is 5.93. The van der Waals surface area contributed by atoms with Gasteiger partial charge in [0.05, 0.1) is 11.4 Å². The molecule has 0 saturated carbocycles. The van der Waals surface area contributed by atoms with Crippen LogP contribution in [0.5, 0.6) is 0 Å². The minimum atomic E-state index is -0.302. The number of carbonyl (C=O) groups is 1. The van der Waals surface area contributed by atoms with Crippen molar-refractivity contribution in [2.75, 3.05) is 12.8 Å². The molecule has 1 aromatic heterocycles. The highest BCUT2D eigenvalue weighted by Gasteiger charge is 2.13. The highest BCUT2D eigenvalue weighted by atomic mass is 32.2. The van der Waals surface area contributed by atoms with Crippen LogP contribution in [0.3, 0.4) is 0 Å². The summed E-state index contributed by atoms with van der Waals surface area (Å²) < 4.78 is 16.3. The lowest BCUT2D eigenvalue weighted by atomic mass is 10.2. The average Bonchev–Trinajstić information content (AvgIpc) is 3.01.